The molecule has 0 aliphatic carbocycles. The van der Waals surface area contributed by atoms with E-state index in [4.69, 9.17) is 24.4 Å². The van der Waals surface area contributed by atoms with Crippen molar-refractivity contribution >= 4 is 34.8 Å². The highest BCUT2D eigenvalue weighted by atomic mass is 16.5. The third-order valence-electron chi connectivity index (χ3n) is 12.0. The van der Waals surface area contributed by atoms with Crippen LogP contribution in [0.4, 0.5) is 9.59 Å². The Morgan fingerprint density at radius 2 is 1.42 bits per heavy atom. The van der Waals surface area contributed by atoms with Crippen molar-refractivity contribution in [2.75, 3.05) is 14.2 Å². The normalized spacial score (nSPS) is 21.3. The largest absolute Gasteiger partial charge is 0.453 e. The van der Waals surface area contributed by atoms with Crippen LogP contribution in [0.1, 0.15) is 84.9 Å². The Labute approximate surface area is 349 Å². The number of imidazole rings is 2. The van der Waals surface area contributed by atoms with Gasteiger partial charge in [0.2, 0.25) is 5.91 Å². The molecule has 0 bridgehead atoms. The molecule has 2 saturated heterocycles. The minimum Gasteiger partial charge on any atom is -0.453 e. The monoisotopic (exact) mass is 817 g/mol. The van der Waals surface area contributed by atoms with Gasteiger partial charge in [0, 0.05) is 17.5 Å². The third kappa shape index (κ3) is 8.22. The second-order valence-electron chi connectivity index (χ2n) is 16.8. The van der Waals surface area contributed by atoms with Crippen molar-refractivity contribution in [2.45, 2.75) is 103 Å². The van der Waals surface area contributed by atoms with Gasteiger partial charge in [-0.3, -0.25) is 14.9 Å². The molecule has 5 N–H and O–H groups in total. The van der Waals surface area contributed by atoms with Gasteiger partial charge in [0.1, 0.15) is 23.2 Å². The predicted octanol–water partition coefficient (Wildman–Crippen LogP) is 7.03. The first kappa shape index (κ1) is 42.0. The Bertz CT molecular complexity index is 2370. The number of methoxy groups -OCH3 is 2. The minimum atomic E-state index is -1.08. The van der Waals surface area contributed by atoms with Crippen LogP contribution in [0.2, 0.25) is 0 Å². The van der Waals surface area contributed by atoms with Gasteiger partial charge in [0.25, 0.3) is 0 Å². The number of hydrogen-bond acceptors (Lipinski definition) is 10. The second kappa shape index (κ2) is 17.3. The Balaban J connectivity index is 1.07. The van der Waals surface area contributed by atoms with Crippen LogP contribution in [0.3, 0.4) is 0 Å². The van der Waals surface area contributed by atoms with Crippen molar-refractivity contribution in [1.29, 1.82) is 0 Å². The van der Waals surface area contributed by atoms with Crippen LogP contribution < -0.4 is 16.0 Å². The molecule has 316 valence electrons. The second-order valence-corrected chi connectivity index (χ2v) is 16.8. The third-order valence-corrected chi connectivity index (χ3v) is 12.0. The lowest BCUT2D eigenvalue weighted by Gasteiger charge is -2.32. The molecule has 0 radical (unpaired) electrons. The number of rotatable bonds is 12. The number of hydrogen-bond donors (Lipinski definition) is 5. The van der Waals surface area contributed by atoms with Crippen molar-refractivity contribution in [2.24, 2.45) is 11.8 Å². The lowest BCUT2D eigenvalue weighted by molar-refractivity contribution is -0.137. The zero-order valence-corrected chi connectivity index (χ0v) is 35.5. The van der Waals surface area contributed by atoms with Crippen LogP contribution in [0.5, 0.6) is 0 Å². The number of nitrogens with one attached hydrogen (secondary N) is 5. The first-order valence-electron chi connectivity index (χ1n) is 20.7. The van der Waals surface area contributed by atoms with Gasteiger partial charge in [0.05, 0.1) is 61.3 Å². The van der Waals surface area contributed by atoms with E-state index in [1.807, 2.05) is 82.8 Å². The number of H-pyrrole nitrogens is 2. The molecule has 0 unspecified atom stereocenters. The fourth-order valence-electron chi connectivity index (χ4n) is 8.58. The molecule has 7 rings (SSSR count). The van der Waals surface area contributed by atoms with Crippen LogP contribution in [0.15, 0.2) is 67.0 Å². The molecule has 5 heterocycles. The van der Waals surface area contributed by atoms with E-state index >= 15 is 0 Å². The fraction of sp³-hybridized carbons (Fsp3) is 0.444. The molecule has 3 amide bonds. The topological polar surface area (TPSA) is 196 Å². The molecule has 15 nitrogen and oxygen atoms in total. The summed E-state index contributed by atoms with van der Waals surface area (Å²) in [5, 5.41) is 9.92. The zero-order valence-electron chi connectivity index (χ0n) is 35.5. The zero-order chi connectivity index (χ0) is 42.9. The van der Waals surface area contributed by atoms with Crippen LogP contribution in [-0.4, -0.2) is 92.1 Å². The van der Waals surface area contributed by atoms with Gasteiger partial charge in [0.15, 0.2) is 5.78 Å². The van der Waals surface area contributed by atoms with Crippen LogP contribution in [-0.2, 0) is 24.6 Å². The first-order valence-corrected chi connectivity index (χ1v) is 20.7. The van der Waals surface area contributed by atoms with Crippen molar-refractivity contribution in [3.63, 3.8) is 0 Å². The summed E-state index contributed by atoms with van der Waals surface area (Å²) in [6.07, 6.45) is 5.12. The number of pyridine rings is 1. The Kier molecular flexibility index (Phi) is 12.1. The molecule has 0 saturated carbocycles. The van der Waals surface area contributed by atoms with E-state index in [-0.39, 0.29) is 41.7 Å². The van der Waals surface area contributed by atoms with E-state index in [0.29, 0.717) is 18.1 Å². The summed E-state index contributed by atoms with van der Waals surface area (Å²) in [5.41, 5.74) is 4.99. The van der Waals surface area contributed by atoms with Gasteiger partial charge >= 0.3 is 12.2 Å². The number of ether oxygens (including phenoxy) is 2. The van der Waals surface area contributed by atoms with E-state index in [9.17, 15) is 19.2 Å². The highest BCUT2D eigenvalue weighted by molar-refractivity contribution is 5.96. The Morgan fingerprint density at radius 3 is 2.07 bits per heavy atom. The average Bonchev–Trinajstić information content (AvgIpc) is 4.08. The first-order chi connectivity index (χ1) is 28.7. The number of benzene rings is 2. The molecular weight excluding hydrogens is 763 g/mol. The van der Waals surface area contributed by atoms with Gasteiger partial charge in [-0.15, -0.1) is 0 Å². The molecule has 2 aliphatic rings. The number of Topliss-reactive ketones (excluding diaryl/α,β-unsaturated/α-hetero) is 1. The van der Waals surface area contributed by atoms with E-state index in [1.54, 1.807) is 12.4 Å². The van der Waals surface area contributed by atoms with Crippen LogP contribution in [0, 0.1) is 11.8 Å². The SMILES string of the molecule is COC(=O)N[C@H](C(=O)N1[C@@H](C)CC[C@H]1c1ncc(-c2ccc3cc(-c4ccc(-c5cnc([C@]6(C(=O)[C@@H](NC(=O)OC)C(C)C)CC[C@H](C)N6)[nH]5)cc4)ccc3n2)[nH]1)C(C)C. The highest BCUT2D eigenvalue weighted by Crippen LogP contribution is 2.38. The van der Waals surface area contributed by atoms with E-state index in [0.717, 1.165) is 63.9 Å². The van der Waals surface area contributed by atoms with Crippen molar-refractivity contribution in [3.05, 3.63) is 78.6 Å². The van der Waals surface area contributed by atoms with Crippen LogP contribution in [0.25, 0.3) is 44.7 Å². The fourth-order valence-corrected chi connectivity index (χ4v) is 8.58. The van der Waals surface area contributed by atoms with Crippen molar-refractivity contribution in [3.8, 4) is 33.8 Å². The smallest absolute Gasteiger partial charge is 0.407 e. The number of likely N-dealkylation sites (tertiary alicyclic amines) is 1. The highest BCUT2D eigenvalue weighted by Gasteiger charge is 2.51. The summed E-state index contributed by atoms with van der Waals surface area (Å²) >= 11 is 0. The van der Waals surface area contributed by atoms with E-state index in [1.165, 1.54) is 14.2 Å². The summed E-state index contributed by atoms with van der Waals surface area (Å²) in [4.78, 5) is 75.3. The number of alkyl carbamates (subject to hydrolysis) is 2. The molecule has 5 aromatic rings. The quantitative estimate of drug-likeness (QED) is 0.0872. The van der Waals surface area contributed by atoms with Gasteiger partial charge < -0.3 is 35.0 Å². The van der Waals surface area contributed by atoms with Gasteiger partial charge in [-0.05, 0) is 86.3 Å². The van der Waals surface area contributed by atoms with Crippen LogP contribution >= 0.6 is 0 Å². The molecule has 60 heavy (non-hydrogen) atoms. The Hall–Kier alpha value is -6.09. The van der Waals surface area contributed by atoms with Crippen molar-refractivity contribution < 1.29 is 28.7 Å². The summed E-state index contributed by atoms with van der Waals surface area (Å²) in [5.74, 6) is 0.604. The number of ketones is 1. The van der Waals surface area contributed by atoms with E-state index in [2.05, 4.69) is 44.1 Å². The Morgan fingerprint density at radius 1 is 0.767 bits per heavy atom. The maximum Gasteiger partial charge on any atom is 0.407 e. The molecule has 6 atom stereocenters. The van der Waals surface area contributed by atoms with Crippen molar-refractivity contribution in [1.82, 2.24) is 45.8 Å². The maximum atomic E-state index is 14.2. The predicted molar refractivity (Wildman–Crippen MR) is 227 cm³/mol. The number of fused-ring (bicyclic) bond motifs is 1. The molecule has 15 heteroatoms. The lowest BCUT2D eigenvalue weighted by atomic mass is 9.83. The summed E-state index contributed by atoms with van der Waals surface area (Å²) < 4.78 is 9.61. The van der Waals surface area contributed by atoms with E-state index < -0.39 is 29.8 Å². The number of nitrogens with zero attached hydrogens (tertiary/aromatic N) is 4. The molecule has 2 aromatic carbocycles. The average molecular weight is 818 g/mol. The number of aromatic amines is 2. The maximum absolute atomic E-state index is 14.2. The number of amides is 3. The molecule has 3 aromatic heterocycles. The molecule has 2 fully saturated rings. The number of carbonyl (C=O) groups is 4. The standard InChI is InChI=1S/C45H55N9O6/c1-24(2)37(51-43(57)59-7)39(55)45(20-19-26(5)53-45)42-47-22-34(50-42)29-12-10-28(11-13-29)30-14-16-32-31(21-30)15-17-33(48-32)35-23-46-40(49-35)36-18-9-27(6)54(36)41(56)38(25(3)4)52-44(58)60-8/h10-17,21-27,36-38,53H,9,18-20H2,1-8H3,(H,46,49)(H,47,50)(H,51,57)(H,52,58)/t26-,27-,36-,37-,38-,45+/m0/s1. The summed E-state index contributed by atoms with van der Waals surface area (Å²) in [6.45, 7) is 11.7. The van der Waals surface area contributed by atoms with Gasteiger partial charge in [-0.2, -0.15) is 0 Å². The lowest BCUT2D eigenvalue weighted by Crippen LogP contribution is -2.57. The molecule has 2 aliphatic heterocycles. The summed E-state index contributed by atoms with van der Waals surface area (Å²) in [6, 6.07) is 16.7. The number of aromatic nitrogens is 5. The minimum absolute atomic E-state index is 0.0194. The number of carbonyl (C=O) groups excluding carboxylic acids is 4. The summed E-state index contributed by atoms with van der Waals surface area (Å²) in [7, 11) is 2.57. The molecule has 0 spiro atoms. The van der Waals surface area contributed by atoms with Gasteiger partial charge in [-0.1, -0.05) is 64.1 Å². The molecular formula is C45H55N9O6. The van der Waals surface area contributed by atoms with Gasteiger partial charge in [-0.25, -0.2) is 24.5 Å².